The Labute approximate surface area is 111 Å². The zero-order valence-electron chi connectivity index (χ0n) is 11.5. The van der Waals surface area contributed by atoms with Gasteiger partial charge < -0.3 is 0 Å². The summed E-state index contributed by atoms with van der Waals surface area (Å²) in [6.45, 7) is 7.80. The molecule has 0 saturated carbocycles. The van der Waals surface area contributed by atoms with Gasteiger partial charge >= 0.3 is 0 Å². The monoisotopic (exact) mass is 258 g/mol. The first-order valence-electron chi connectivity index (χ1n) is 6.38. The standard InChI is InChI=1S/C15H22N2Si/c1-18(2,3)12-8-7-11-17-15(13-16)14-9-5-4-6-10-14/h4-6,8-10,12,15,17H,7,11H2,1-3H3/b12-8+. The van der Waals surface area contributed by atoms with E-state index in [4.69, 9.17) is 5.26 Å². The van der Waals surface area contributed by atoms with Crippen LogP contribution in [0.25, 0.3) is 0 Å². The van der Waals surface area contributed by atoms with Gasteiger partial charge in [0.1, 0.15) is 6.04 Å². The second-order valence-corrected chi connectivity index (χ2v) is 10.5. The fourth-order valence-electron chi connectivity index (χ4n) is 1.63. The maximum atomic E-state index is 9.14. The third-order valence-electron chi connectivity index (χ3n) is 2.54. The molecule has 1 rings (SSSR count). The van der Waals surface area contributed by atoms with E-state index in [1.807, 2.05) is 30.3 Å². The third kappa shape index (κ3) is 5.81. The molecule has 0 aromatic heterocycles. The van der Waals surface area contributed by atoms with Crippen molar-refractivity contribution in [3.63, 3.8) is 0 Å². The maximum absolute atomic E-state index is 9.14. The molecule has 1 aromatic rings. The minimum atomic E-state index is -1.08. The minimum absolute atomic E-state index is 0.202. The summed E-state index contributed by atoms with van der Waals surface area (Å²) < 4.78 is 0. The number of nitrogens with one attached hydrogen (secondary N) is 1. The molecule has 0 radical (unpaired) electrons. The molecule has 3 heteroatoms. The highest BCUT2D eigenvalue weighted by Gasteiger charge is 2.08. The van der Waals surface area contributed by atoms with E-state index in [9.17, 15) is 0 Å². The molecule has 0 fully saturated rings. The molecule has 0 aliphatic carbocycles. The van der Waals surface area contributed by atoms with Crippen LogP contribution in [0.3, 0.4) is 0 Å². The Kier molecular flexibility index (Phi) is 5.83. The Balaban J connectivity index is 2.39. The van der Waals surface area contributed by atoms with Crippen LogP contribution in [0.1, 0.15) is 18.0 Å². The number of nitrogens with zero attached hydrogens (tertiary/aromatic N) is 1. The zero-order chi connectivity index (χ0) is 13.4. The van der Waals surface area contributed by atoms with Crippen molar-refractivity contribution in [2.45, 2.75) is 32.1 Å². The van der Waals surface area contributed by atoms with Gasteiger partial charge in [0.25, 0.3) is 0 Å². The van der Waals surface area contributed by atoms with E-state index in [1.54, 1.807) is 0 Å². The van der Waals surface area contributed by atoms with Crippen molar-refractivity contribution in [3.05, 3.63) is 47.7 Å². The van der Waals surface area contributed by atoms with Gasteiger partial charge in [-0.1, -0.05) is 61.7 Å². The van der Waals surface area contributed by atoms with Gasteiger partial charge in [-0.2, -0.15) is 5.26 Å². The summed E-state index contributed by atoms with van der Waals surface area (Å²) in [5, 5.41) is 12.4. The van der Waals surface area contributed by atoms with E-state index in [2.05, 4.69) is 42.8 Å². The Hall–Kier alpha value is -1.37. The fourth-order valence-corrected chi connectivity index (χ4v) is 2.51. The SMILES string of the molecule is C[Si](C)(C)/C=C/CCNC(C#N)c1ccccc1. The largest absolute Gasteiger partial charge is 0.298 e. The lowest BCUT2D eigenvalue weighted by Gasteiger charge is -2.11. The van der Waals surface area contributed by atoms with Crippen molar-refractivity contribution >= 4 is 8.07 Å². The van der Waals surface area contributed by atoms with Crippen molar-refractivity contribution in [1.29, 1.82) is 5.26 Å². The van der Waals surface area contributed by atoms with Crippen LogP contribution in [0.2, 0.25) is 19.6 Å². The van der Waals surface area contributed by atoms with Crippen molar-refractivity contribution in [2.24, 2.45) is 0 Å². The van der Waals surface area contributed by atoms with Gasteiger partial charge in [-0.05, 0) is 12.0 Å². The fraction of sp³-hybridized carbons (Fsp3) is 0.400. The molecule has 0 aliphatic rings. The number of hydrogen-bond acceptors (Lipinski definition) is 2. The summed E-state index contributed by atoms with van der Waals surface area (Å²) in [7, 11) is -1.08. The molecule has 18 heavy (non-hydrogen) atoms. The Morgan fingerprint density at radius 1 is 1.28 bits per heavy atom. The lowest BCUT2D eigenvalue weighted by Crippen LogP contribution is -2.21. The van der Waals surface area contributed by atoms with Crippen LogP contribution in [-0.4, -0.2) is 14.6 Å². The summed E-state index contributed by atoms with van der Waals surface area (Å²) in [6, 6.07) is 12.0. The van der Waals surface area contributed by atoms with Crippen LogP contribution in [0.5, 0.6) is 0 Å². The van der Waals surface area contributed by atoms with Crippen LogP contribution in [-0.2, 0) is 0 Å². The quantitative estimate of drug-likeness (QED) is 0.624. The topological polar surface area (TPSA) is 35.8 Å². The molecular weight excluding hydrogens is 236 g/mol. The highest BCUT2D eigenvalue weighted by atomic mass is 28.3. The summed E-state index contributed by atoms with van der Waals surface area (Å²) in [5.41, 5.74) is 3.38. The summed E-state index contributed by atoms with van der Waals surface area (Å²) in [5.74, 6) is 0. The number of nitriles is 1. The van der Waals surface area contributed by atoms with Crippen LogP contribution in [0.4, 0.5) is 0 Å². The first kappa shape index (κ1) is 14.7. The number of rotatable bonds is 6. The number of hydrogen-bond donors (Lipinski definition) is 1. The molecule has 1 N–H and O–H groups in total. The second kappa shape index (κ2) is 7.15. The molecule has 0 saturated heterocycles. The summed E-state index contributed by atoms with van der Waals surface area (Å²) in [6.07, 6.45) is 3.22. The lowest BCUT2D eigenvalue weighted by molar-refractivity contribution is 0.635. The van der Waals surface area contributed by atoms with Crippen LogP contribution in [0.15, 0.2) is 42.1 Å². The maximum Gasteiger partial charge on any atom is 0.121 e. The molecular formula is C15H22N2Si. The Morgan fingerprint density at radius 3 is 2.50 bits per heavy atom. The normalized spacial score (nSPS) is 13.4. The highest BCUT2D eigenvalue weighted by Crippen LogP contribution is 2.11. The molecule has 0 amide bonds. The van der Waals surface area contributed by atoms with E-state index in [0.717, 1.165) is 18.5 Å². The Bertz CT molecular complexity index is 412. The summed E-state index contributed by atoms with van der Waals surface area (Å²) in [4.78, 5) is 0. The lowest BCUT2D eigenvalue weighted by atomic mass is 10.1. The predicted molar refractivity (Wildman–Crippen MR) is 79.9 cm³/mol. The predicted octanol–water partition coefficient (Wildman–Crippen LogP) is 3.66. The van der Waals surface area contributed by atoms with Gasteiger partial charge in [0.2, 0.25) is 0 Å². The van der Waals surface area contributed by atoms with Gasteiger partial charge in [-0.3, -0.25) is 5.32 Å². The third-order valence-corrected chi connectivity index (χ3v) is 3.78. The van der Waals surface area contributed by atoms with Crippen LogP contribution >= 0.6 is 0 Å². The van der Waals surface area contributed by atoms with Gasteiger partial charge in [-0.25, -0.2) is 0 Å². The van der Waals surface area contributed by atoms with Crippen molar-refractivity contribution < 1.29 is 0 Å². The molecule has 0 bridgehead atoms. The second-order valence-electron chi connectivity index (χ2n) is 5.48. The highest BCUT2D eigenvalue weighted by molar-refractivity contribution is 6.80. The van der Waals surface area contributed by atoms with E-state index in [0.29, 0.717) is 0 Å². The zero-order valence-corrected chi connectivity index (χ0v) is 12.5. The average Bonchev–Trinajstić information content (AvgIpc) is 2.33. The Morgan fingerprint density at radius 2 is 1.94 bits per heavy atom. The van der Waals surface area contributed by atoms with E-state index >= 15 is 0 Å². The average molecular weight is 258 g/mol. The van der Waals surface area contributed by atoms with Crippen molar-refractivity contribution in [3.8, 4) is 6.07 Å². The van der Waals surface area contributed by atoms with Gasteiger partial charge in [0, 0.05) is 6.54 Å². The summed E-state index contributed by atoms with van der Waals surface area (Å²) >= 11 is 0. The molecule has 1 aromatic carbocycles. The molecule has 0 heterocycles. The van der Waals surface area contributed by atoms with E-state index in [1.165, 1.54) is 0 Å². The molecule has 0 aliphatic heterocycles. The van der Waals surface area contributed by atoms with Crippen LogP contribution in [0, 0.1) is 11.3 Å². The van der Waals surface area contributed by atoms with Crippen LogP contribution < -0.4 is 5.32 Å². The van der Waals surface area contributed by atoms with Gasteiger partial charge in [0.05, 0.1) is 14.1 Å². The van der Waals surface area contributed by atoms with E-state index < -0.39 is 8.07 Å². The smallest absolute Gasteiger partial charge is 0.121 e. The minimum Gasteiger partial charge on any atom is -0.298 e. The van der Waals surface area contributed by atoms with E-state index in [-0.39, 0.29) is 6.04 Å². The van der Waals surface area contributed by atoms with Gasteiger partial charge in [-0.15, -0.1) is 0 Å². The first-order valence-corrected chi connectivity index (χ1v) is 9.96. The molecule has 96 valence electrons. The van der Waals surface area contributed by atoms with Crippen molar-refractivity contribution in [2.75, 3.05) is 6.54 Å². The number of benzene rings is 1. The van der Waals surface area contributed by atoms with Gasteiger partial charge in [0.15, 0.2) is 0 Å². The molecule has 2 nitrogen and oxygen atoms in total. The molecule has 0 spiro atoms. The first-order chi connectivity index (χ1) is 8.53. The van der Waals surface area contributed by atoms with Crippen molar-refractivity contribution in [1.82, 2.24) is 5.32 Å². The molecule has 1 unspecified atom stereocenters. The molecule has 1 atom stereocenters.